The fourth-order valence-corrected chi connectivity index (χ4v) is 1.74. The Labute approximate surface area is 108 Å². The molecule has 1 heterocycles. The lowest BCUT2D eigenvalue weighted by Crippen LogP contribution is -2.31. The van der Waals surface area contributed by atoms with Crippen LogP contribution in [0.15, 0.2) is 36.5 Å². The standard InChI is InChI=1S/C15H19N3/c1-4-11-5-7-12(8-6-11)13-9-10-17-14(18-13)15(2,3)16/h5-10H,4,16H2,1-3H3. The van der Waals surface area contributed by atoms with E-state index in [0.717, 1.165) is 17.7 Å². The van der Waals surface area contributed by atoms with Gasteiger partial charge in [-0.2, -0.15) is 0 Å². The minimum atomic E-state index is -0.515. The van der Waals surface area contributed by atoms with Crippen molar-refractivity contribution >= 4 is 0 Å². The molecule has 2 aromatic rings. The van der Waals surface area contributed by atoms with Crippen molar-refractivity contribution in [2.75, 3.05) is 0 Å². The van der Waals surface area contributed by atoms with Gasteiger partial charge in [-0.1, -0.05) is 31.2 Å². The molecule has 0 saturated carbocycles. The largest absolute Gasteiger partial charge is 0.319 e. The van der Waals surface area contributed by atoms with E-state index in [2.05, 4.69) is 41.2 Å². The van der Waals surface area contributed by atoms with Crippen molar-refractivity contribution in [1.29, 1.82) is 0 Å². The lowest BCUT2D eigenvalue weighted by Gasteiger charge is -2.17. The fourth-order valence-electron chi connectivity index (χ4n) is 1.74. The van der Waals surface area contributed by atoms with Crippen LogP contribution < -0.4 is 5.73 Å². The summed E-state index contributed by atoms with van der Waals surface area (Å²) in [6.07, 6.45) is 2.81. The number of hydrogen-bond donors (Lipinski definition) is 1. The first-order valence-electron chi connectivity index (χ1n) is 6.22. The number of hydrogen-bond acceptors (Lipinski definition) is 3. The molecule has 0 saturated heterocycles. The fraction of sp³-hybridized carbons (Fsp3) is 0.333. The second kappa shape index (κ2) is 4.86. The number of aromatic nitrogens is 2. The van der Waals surface area contributed by atoms with Gasteiger partial charge < -0.3 is 5.73 Å². The average molecular weight is 241 g/mol. The quantitative estimate of drug-likeness (QED) is 0.899. The second-order valence-corrected chi connectivity index (χ2v) is 5.04. The van der Waals surface area contributed by atoms with E-state index < -0.39 is 5.54 Å². The minimum absolute atomic E-state index is 0.515. The Morgan fingerprint density at radius 2 is 1.78 bits per heavy atom. The van der Waals surface area contributed by atoms with E-state index in [1.54, 1.807) is 6.20 Å². The molecular formula is C15H19N3. The summed E-state index contributed by atoms with van der Waals surface area (Å²) in [5.41, 5.74) is 8.85. The Kier molecular flexibility index (Phi) is 3.43. The SMILES string of the molecule is CCc1ccc(-c2ccnc(C(C)(C)N)n2)cc1. The predicted octanol–water partition coefficient (Wildman–Crippen LogP) is 2.90. The Hall–Kier alpha value is -1.74. The first kappa shape index (κ1) is 12.7. The third-order valence-corrected chi connectivity index (χ3v) is 2.89. The van der Waals surface area contributed by atoms with Crippen LogP contribution in [-0.2, 0) is 12.0 Å². The Morgan fingerprint density at radius 1 is 1.11 bits per heavy atom. The first-order valence-corrected chi connectivity index (χ1v) is 6.22. The Bertz CT molecular complexity index is 524. The maximum atomic E-state index is 6.02. The maximum Gasteiger partial charge on any atom is 0.148 e. The lowest BCUT2D eigenvalue weighted by atomic mass is 10.0. The minimum Gasteiger partial charge on any atom is -0.319 e. The third kappa shape index (κ3) is 2.74. The summed E-state index contributed by atoms with van der Waals surface area (Å²) in [6.45, 7) is 5.97. The predicted molar refractivity (Wildman–Crippen MR) is 74.1 cm³/mol. The molecule has 0 atom stereocenters. The lowest BCUT2D eigenvalue weighted by molar-refractivity contribution is 0.514. The second-order valence-electron chi connectivity index (χ2n) is 5.04. The highest BCUT2D eigenvalue weighted by atomic mass is 14.9. The summed E-state index contributed by atoms with van der Waals surface area (Å²) in [5, 5.41) is 0. The van der Waals surface area contributed by atoms with E-state index in [1.165, 1.54) is 5.56 Å². The molecule has 1 aromatic carbocycles. The molecule has 0 amide bonds. The van der Waals surface area contributed by atoms with E-state index in [0.29, 0.717) is 5.82 Å². The Morgan fingerprint density at radius 3 is 2.33 bits per heavy atom. The summed E-state index contributed by atoms with van der Waals surface area (Å²) < 4.78 is 0. The highest BCUT2D eigenvalue weighted by Crippen LogP contribution is 2.20. The summed E-state index contributed by atoms with van der Waals surface area (Å²) in [4.78, 5) is 8.77. The van der Waals surface area contributed by atoms with E-state index in [4.69, 9.17) is 5.73 Å². The van der Waals surface area contributed by atoms with Crippen molar-refractivity contribution in [3.63, 3.8) is 0 Å². The molecular weight excluding hydrogens is 222 g/mol. The molecule has 18 heavy (non-hydrogen) atoms. The Balaban J connectivity index is 2.38. The molecule has 0 radical (unpaired) electrons. The number of aryl methyl sites for hydroxylation is 1. The zero-order valence-electron chi connectivity index (χ0n) is 11.1. The third-order valence-electron chi connectivity index (χ3n) is 2.89. The normalized spacial score (nSPS) is 11.6. The zero-order chi connectivity index (χ0) is 13.2. The van der Waals surface area contributed by atoms with Crippen molar-refractivity contribution in [1.82, 2.24) is 9.97 Å². The molecule has 0 fully saturated rings. The van der Waals surface area contributed by atoms with Crippen LogP contribution in [0.4, 0.5) is 0 Å². The molecule has 0 aliphatic rings. The molecule has 0 aliphatic heterocycles. The van der Waals surface area contributed by atoms with Gasteiger partial charge in [0.1, 0.15) is 5.82 Å². The number of nitrogens with zero attached hydrogens (tertiary/aromatic N) is 2. The van der Waals surface area contributed by atoms with Gasteiger partial charge in [0.25, 0.3) is 0 Å². The first-order chi connectivity index (χ1) is 8.50. The smallest absolute Gasteiger partial charge is 0.148 e. The highest BCUT2D eigenvalue weighted by Gasteiger charge is 2.18. The molecule has 2 N–H and O–H groups in total. The molecule has 1 aromatic heterocycles. The van der Waals surface area contributed by atoms with Crippen LogP contribution in [0.25, 0.3) is 11.3 Å². The number of rotatable bonds is 3. The average Bonchev–Trinajstić information content (AvgIpc) is 2.38. The summed E-state index contributed by atoms with van der Waals surface area (Å²) in [7, 11) is 0. The molecule has 2 rings (SSSR count). The van der Waals surface area contributed by atoms with Crippen LogP contribution in [0.1, 0.15) is 32.2 Å². The number of nitrogens with two attached hydrogens (primary N) is 1. The molecule has 3 heteroatoms. The van der Waals surface area contributed by atoms with Gasteiger partial charge in [-0.25, -0.2) is 9.97 Å². The van der Waals surface area contributed by atoms with Crippen molar-refractivity contribution in [2.45, 2.75) is 32.7 Å². The van der Waals surface area contributed by atoms with Gasteiger partial charge in [0.05, 0.1) is 11.2 Å². The topological polar surface area (TPSA) is 51.8 Å². The summed E-state index contributed by atoms with van der Waals surface area (Å²) in [6, 6.07) is 10.4. The van der Waals surface area contributed by atoms with Crippen molar-refractivity contribution in [2.24, 2.45) is 5.73 Å². The van der Waals surface area contributed by atoms with E-state index in [-0.39, 0.29) is 0 Å². The van der Waals surface area contributed by atoms with Gasteiger partial charge in [0.15, 0.2) is 0 Å². The zero-order valence-corrected chi connectivity index (χ0v) is 11.1. The van der Waals surface area contributed by atoms with Gasteiger partial charge in [0, 0.05) is 11.8 Å². The van der Waals surface area contributed by atoms with Crippen LogP contribution in [0, 0.1) is 0 Å². The molecule has 94 valence electrons. The maximum absolute atomic E-state index is 6.02. The molecule has 0 unspecified atom stereocenters. The summed E-state index contributed by atoms with van der Waals surface area (Å²) in [5.74, 6) is 0.666. The van der Waals surface area contributed by atoms with Crippen LogP contribution in [0.2, 0.25) is 0 Å². The molecule has 3 nitrogen and oxygen atoms in total. The van der Waals surface area contributed by atoms with Crippen LogP contribution >= 0.6 is 0 Å². The van der Waals surface area contributed by atoms with Crippen molar-refractivity contribution < 1.29 is 0 Å². The van der Waals surface area contributed by atoms with Gasteiger partial charge in [-0.15, -0.1) is 0 Å². The van der Waals surface area contributed by atoms with E-state index in [9.17, 15) is 0 Å². The molecule has 0 aliphatic carbocycles. The van der Waals surface area contributed by atoms with Gasteiger partial charge >= 0.3 is 0 Å². The van der Waals surface area contributed by atoms with Gasteiger partial charge in [-0.3, -0.25) is 0 Å². The number of benzene rings is 1. The van der Waals surface area contributed by atoms with E-state index >= 15 is 0 Å². The van der Waals surface area contributed by atoms with Crippen LogP contribution in [-0.4, -0.2) is 9.97 Å². The van der Waals surface area contributed by atoms with Crippen LogP contribution in [0.3, 0.4) is 0 Å². The molecule has 0 spiro atoms. The highest BCUT2D eigenvalue weighted by molar-refractivity contribution is 5.59. The van der Waals surface area contributed by atoms with Crippen molar-refractivity contribution in [3.8, 4) is 11.3 Å². The van der Waals surface area contributed by atoms with Crippen LogP contribution in [0.5, 0.6) is 0 Å². The monoisotopic (exact) mass is 241 g/mol. The van der Waals surface area contributed by atoms with Gasteiger partial charge in [-0.05, 0) is 31.9 Å². The van der Waals surface area contributed by atoms with Gasteiger partial charge in [0.2, 0.25) is 0 Å². The molecule has 0 bridgehead atoms. The summed E-state index contributed by atoms with van der Waals surface area (Å²) >= 11 is 0. The van der Waals surface area contributed by atoms with E-state index in [1.807, 2.05) is 19.9 Å². The van der Waals surface area contributed by atoms with Crippen molar-refractivity contribution in [3.05, 3.63) is 47.9 Å².